The Morgan fingerprint density at radius 3 is 2.74 bits per heavy atom. The molecule has 0 aliphatic rings. The molecule has 23 heavy (non-hydrogen) atoms. The minimum Gasteiger partial charge on any atom is -0.493 e. The number of hydrogen-bond donors (Lipinski definition) is 1. The van der Waals surface area contributed by atoms with Crippen molar-refractivity contribution >= 4 is 21.8 Å². The summed E-state index contributed by atoms with van der Waals surface area (Å²) >= 11 is 0. The second kappa shape index (κ2) is 5.76. The van der Waals surface area contributed by atoms with Gasteiger partial charge in [0.1, 0.15) is 5.75 Å². The molecule has 0 unspecified atom stereocenters. The number of nitrogens with zero attached hydrogens (tertiary/aromatic N) is 1. The Morgan fingerprint density at radius 1 is 1.00 bits per heavy atom. The number of H-pyrrole nitrogens is 1. The number of ether oxygens (including phenoxy) is 1. The number of aromatic amines is 1. The van der Waals surface area contributed by atoms with Crippen LogP contribution in [-0.4, -0.2) is 16.6 Å². The van der Waals surface area contributed by atoms with Crippen LogP contribution < -0.4 is 4.74 Å². The molecule has 0 amide bonds. The third-order valence-electron chi connectivity index (χ3n) is 4.18. The van der Waals surface area contributed by atoms with Crippen LogP contribution in [-0.2, 0) is 6.42 Å². The van der Waals surface area contributed by atoms with Crippen LogP contribution in [0.25, 0.3) is 21.8 Å². The van der Waals surface area contributed by atoms with E-state index in [0.717, 1.165) is 28.9 Å². The zero-order valence-corrected chi connectivity index (χ0v) is 13.0. The van der Waals surface area contributed by atoms with Crippen LogP contribution >= 0.6 is 0 Å². The number of aromatic nitrogens is 2. The van der Waals surface area contributed by atoms with Crippen LogP contribution in [0.1, 0.15) is 11.3 Å². The Hall–Kier alpha value is -2.81. The molecule has 0 spiro atoms. The first kappa shape index (κ1) is 13.8. The number of aryl methyl sites for hydroxylation is 1. The van der Waals surface area contributed by atoms with E-state index in [2.05, 4.69) is 52.4 Å². The maximum absolute atomic E-state index is 5.91. The summed E-state index contributed by atoms with van der Waals surface area (Å²) in [4.78, 5) is 7.80. The summed E-state index contributed by atoms with van der Waals surface area (Å²) in [7, 11) is 0. The van der Waals surface area contributed by atoms with Gasteiger partial charge in [-0.25, -0.2) is 0 Å². The molecular formula is C20H18N2O. The molecule has 0 fully saturated rings. The van der Waals surface area contributed by atoms with Gasteiger partial charge < -0.3 is 9.72 Å². The standard InChI is InChI=1S/C20H18N2O/c1-14-20-18(9-11-21-14)17-8-7-16(13-19(17)22-20)23-12-10-15-5-3-2-4-6-15/h2-9,11,13,22H,10,12H2,1H3. The Morgan fingerprint density at radius 2 is 1.87 bits per heavy atom. The zero-order valence-electron chi connectivity index (χ0n) is 13.0. The van der Waals surface area contributed by atoms with Gasteiger partial charge in [-0.05, 0) is 30.7 Å². The number of nitrogens with one attached hydrogen (secondary N) is 1. The van der Waals surface area contributed by atoms with E-state index in [0.29, 0.717) is 6.61 Å². The lowest BCUT2D eigenvalue weighted by Gasteiger charge is -2.06. The molecule has 2 heterocycles. The van der Waals surface area contributed by atoms with Gasteiger partial charge in [0.15, 0.2) is 0 Å². The molecule has 0 radical (unpaired) electrons. The van der Waals surface area contributed by atoms with E-state index in [9.17, 15) is 0 Å². The van der Waals surface area contributed by atoms with E-state index >= 15 is 0 Å². The van der Waals surface area contributed by atoms with Crippen molar-refractivity contribution in [2.24, 2.45) is 0 Å². The maximum atomic E-state index is 5.91. The molecule has 0 saturated heterocycles. The Balaban J connectivity index is 1.57. The average Bonchev–Trinajstić information content (AvgIpc) is 2.95. The second-order valence-corrected chi connectivity index (χ2v) is 5.74. The summed E-state index contributed by atoms with van der Waals surface area (Å²) in [5.41, 5.74) is 4.50. The number of hydrogen-bond acceptors (Lipinski definition) is 2. The van der Waals surface area contributed by atoms with Crippen LogP contribution in [0.2, 0.25) is 0 Å². The molecule has 1 N–H and O–H groups in total. The molecule has 0 aliphatic heterocycles. The predicted octanol–water partition coefficient (Wildman–Crippen LogP) is 4.65. The average molecular weight is 302 g/mol. The lowest BCUT2D eigenvalue weighted by molar-refractivity contribution is 0.322. The highest BCUT2D eigenvalue weighted by Gasteiger charge is 2.07. The lowest BCUT2D eigenvalue weighted by Crippen LogP contribution is -2.00. The predicted molar refractivity (Wildman–Crippen MR) is 94.0 cm³/mol. The van der Waals surface area contributed by atoms with Crippen LogP contribution in [0.4, 0.5) is 0 Å². The molecule has 2 aromatic heterocycles. The first-order valence-electron chi connectivity index (χ1n) is 7.85. The van der Waals surface area contributed by atoms with Crippen LogP contribution in [0.3, 0.4) is 0 Å². The molecule has 0 aliphatic carbocycles. The molecule has 4 rings (SSSR count). The summed E-state index contributed by atoms with van der Waals surface area (Å²) in [6.07, 6.45) is 2.77. The highest BCUT2D eigenvalue weighted by molar-refractivity contribution is 6.08. The first-order chi connectivity index (χ1) is 11.3. The second-order valence-electron chi connectivity index (χ2n) is 5.74. The fourth-order valence-electron chi connectivity index (χ4n) is 2.97. The van der Waals surface area contributed by atoms with Crippen molar-refractivity contribution in [3.05, 3.63) is 72.1 Å². The van der Waals surface area contributed by atoms with Crippen LogP contribution in [0.5, 0.6) is 5.75 Å². The van der Waals surface area contributed by atoms with Crippen molar-refractivity contribution in [3.8, 4) is 5.75 Å². The Bertz CT molecular complexity index is 957. The van der Waals surface area contributed by atoms with Gasteiger partial charge in [0.25, 0.3) is 0 Å². The van der Waals surface area contributed by atoms with Crippen molar-refractivity contribution in [3.63, 3.8) is 0 Å². The van der Waals surface area contributed by atoms with E-state index in [1.807, 2.05) is 25.3 Å². The maximum Gasteiger partial charge on any atom is 0.121 e. The number of rotatable bonds is 4. The first-order valence-corrected chi connectivity index (χ1v) is 7.85. The molecule has 4 aromatic rings. The largest absolute Gasteiger partial charge is 0.493 e. The van der Waals surface area contributed by atoms with E-state index in [4.69, 9.17) is 4.74 Å². The van der Waals surface area contributed by atoms with E-state index in [1.165, 1.54) is 16.3 Å². The minimum absolute atomic E-state index is 0.677. The molecule has 0 atom stereocenters. The fourth-order valence-corrected chi connectivity index (χ4v) is 2.97. The van der Waals surface area contributed by atoms with Gasteiger partial charge in [-0.3, -0.25) is 4.98 Å². The summed E-state index contributed by atoms with van der Waals surface area (Å²) in [5, 5.41) is 2.42. The number of fused-ring (bicyclic) bond motifs is 3. The van der Waals surface area contributed by atoms with E-state index in [1.54, 1.807) is 0 Å². The zero-order chi connectivity index (χ0) is 15.6. The van der Waals surface area contributed by atoms with Gasteiger partial charge in [-0.2, -0.15) is 0 Å². The number of pyridine rings is 1. The van der Waals surface area contributed by atoms with Crippen molar-refractivity contribution in [2.75, 3.05) is 6.61 Å². The molecular weight excluding hydrogens is 284 g/mol. The number of benzene rings is 2. The third-order valence-corrected chi connectivity index (χ3v) is 4.18. The van der Waals surface area contributed by atoms with Crippen LogP contribution in [0.15, 0.2) is 60.8 Å². The quantitative estimate of drug-likeness (QED) is 0.596. The third kappa shape index (κ3) is 2.66. The Kier molecular flexibility index (Phi) is 3.46. The molecule has 0 bridgehead atoms. The van der Waals surface area contributed by atoms with Crippen molar-refractivity contribution < 1.29 is 4.74 Å². The van der Waals surface area contributed by atoms with Gasteiger partial charge in [0, 0.05) is 29.5 Å². The van der Waals surface area contributed by atoms with E-state index in [-0.39, 0.29) is 0 Å². The fraction of sp³-hybridized carbons (Fsp3) is 0.150. The molecule has 2 aromatic carbocycles. The van der Waals surface area contributed by atoms with Crippen molar-refractivity contribution in [1.82, 2.24) is 9.97 Å². The van der Waals surface area contributed by atoms with Crippen LogP contribution in [0, 0.1) is 6.92 Å². The highest BCUT2D eigenvalue weighted by Crippen LogP contribution is 2.29. The summed E-state index contributed by atoms with van der Waals surface area (Å²) in [6.45, 7) is 2.70. The minimum atomic E-state index is 0.677. The van der Waals surface area contributed by atoms with Crippen molar-refractivity contribution in [2.45, 2.75) is 13.3 Å². The van der Waals surface area contributed by atoms with Gasteiger partial charge in [-0.1, -0.05) is 30.3 Å². The van der Waals surface area contributed by atoms with E-state index < -0.39 is 0 Å². The van der Waals surface area contributed by atoms with Gasteiger partial charge >= 0.3 is 0 Å². The molecule has 3 nitrogen and oxygen atoms in total. The normalized spacial score (nSPS) is 11.2. The molecule has 0 saturated carbocycles. The van der Waals surface area contributed by atoms with Gasteiger partial charge in [-0.15, -0.1) is 0 Å². The topological polar surface area (TPSA) is 37.9 Å². The Labute approximate surface area is 134 Å². The van der Waals surface area contributed by atoms with Gasteiger partial charge in [0.05, 0.1) is 23.3 Å². The van der Waals surface area contributed by atoms with Gasteiger partial charge in [0.2, 0.25) is 0 Å². The summed E-state index contributed by atoms with van der Waals surface area (Å²) < 4.78 is 5.91. The molecule has 114 valence electrons. The highest BCUT2D eigenvalue weighted by atomic mass is 16.5. The van der Waals surface area contributed by atoms with Crippen molar-refractivity contribution in [1.29, 1.82) is 0 Å². The molecule has 3 heteroatoms. The smallest absolute Gasteiger partial charge is 0.121 e. The lowest BCUT2D eigenvalue weighted by atomic mass is 10.1. The summed E-state index contributed by atoms with van der Waals surface area (Å²) in [5.74, 6) is 0.894. The SMILES string of the molecule is Cc1nccc2c1[nH]c1cc(OCCc3ccccc3)ccc12. The monoisotopic (exact) mass is 302 g/mol. The summed E-state index contributed by atoms with van der Waals surface area (Å²) in [6, 6.07) is 18.7.